The largest absolute Gasteiger partial charge is 0.313 e. The summed E-state index contributed by atoms with van der Waals surface area (Å²) >= 11 is 0. The van der Waals surface area contributed by atoms with Crippen LogP contribution in [0.15, 0.2) is 36.4 Å². The standard InChI is InChI=1S/C16H24N2/c1-2-18(14-16-11-6-12-17-16)13-7-10-15-8-4-3-5-9-15/h3-5,7-10,16-17H,2,6,11-14H2,1H3/b10-7+. The molecule has 0 aromatic heterocycles. The Morgan fingerprint density at radius 3 is 2.83 bits per heavy atom. The second-order valence-corrected chi connectivity index (χ2v) is 4.96. The molecule has 1 N–H and O–H groups in total. The van der Waals surface area contributed by atoms with Crippen molar-refractivity contribution in [2.45, 2.75) is 25.8 Å². The molecule has 1 saturated heterocycles. The van der Waals surface area contributed by atoms with Crippen LogP contribution in [0.2, 0.25) is 0 Å². The smallest absolute Gasteiger partial charge is 0.0195 e. The van der Waals surface area contributed by atoms with E-state index >= 15 is 0 Å². The van der Waals surface area contributed by atoms with Gasteiger partial charge in [0.1, 0.15) is 0 Å². The van der Waals surface area contributed by atoms with Crippen LogP contribution in [0.3, 0.4) is 0 Å². The van der Waals surface area contributed by atoms with Crippen molar-refractivity contribution in [2.75, 3.05) is 26.2 Å². The molecule has 0 bridgehead atoms. The maximum atomic E-state index is 3.56. The highest BCUT2D eigenvalue weighted by Gasteiger charge is 2.15. The van der Waals surface area contributed by atoms with Gasteiger partial charge in [-0.15, -0.1) is 0 Å². The fourth-order valence-corrected chi connectivity index (χ4v) is 2.46. The lowest BCUT2D eigenvalue weighted by molar-refractivity contribution is 0.287. The molecule has 98 valence electrons. The molecule has 1 aliphatic heterocycles. The maximum absolute atomic E-state index is 3.56. The van der Waals surface area contributed by atoms with Gasteiger partial charge in [-0.05, 0) is 31.5 Å². The average Bonchev–Trinajstić information content (AvgIpc) is 2.92. The second kappa shape index (κ2) is 7.34. The first-order valence-electron chi connectivity index (χ1n) is 7.06. The molecule has 0 radical (unpaired) electrons. The van der Waals surface area contributed by atoms with E-state index in [1.165, 1.54) is 31.5 Å². The molecule has 2 heteroatoms. The second-order valence-electron chi connectivity index (χ2n) is 4.96. The van der Waals surface area contributed by atoms with E-state index in [2.05, 4.69) is 59.6 Å². The molecule has 2 nitrogen and oxygen atoms in total. The number of benzene rings is 1. The summed E-state index contributed by atoms with van der Waals surface area (Å²) in [6.07, 6.45) is 7.15. The molecule has 1 heterocycles. The number of nitrogens with one attached hydrogen (secondary N) is 1. The number of hydrogen-bond donors (Lipinski definition) is 1. The molecule has 1 aliphatic rings. The Balaban J connectivity index is 1.77. The predicted molar refractivity (Wildman–Crippen MR) is 78.6 cm³/mol. The minimum Gasteiger partial charge on any atom is -0.313 e. The fourth-order valence-electron chi connectivity index (χ4n) is 2.46. The number of nitrogens with zero attached hydrogens (tertiary/aromatic N) is 1. The van der Waals surface area contributed by atoms with Crippen molar-refractivity contribution < 1.29 is 0 Å². The van der Waals surface area contributed by atoms with E-state index in [-0.39, 0.29) is 0 Å². The Bertz CT molecular complexity index is 353. The Hall–Kier alpha value is -1.12. The fraction of sp³-hybridized carbons (Fsp3) is 0.500. The van der Waals surface area contributed by atoms with E-state index in [0.29, 0.717) is 6.04 Å². The summed E-state index contributed by atoms with van der Waals surface area (Å²) in [5.41, 5.74) is 1.28. The van der Waals surface area contributed by atoms with Gasteiger partial charge in [0.25, 0.3) is 0 Å². The predicted octanol–water partition coefficient (Wildman–Crippen LogP) is 2.77. The lowest BCUT2D eigenvalue weighted by Gasteiger charge is -2.22. The summed E-state index contributed by atoms with van der Waals surface area (Å²) in [7, 11) is 0. The van der Waals surface area contributed by atoms with Gasteiger partial charge in [-0.3, -0.25) is 4.90 Å². The highest BCUT2D eigenvalue weighted by molar-refractivity contribution is 5.48. The van der Waals surface area contributed by atoms with Crippen molar-refractivity contribution in [1.29, 1.82) is 0 Å². The van der Waals surface area contributed by atoms with Crippen molar-refractivity contribution >= 4 is 6.08 Å². The average molecular weight is 244 g/mol. The zero-order valence-corrected chi connectivity index (χ0v) is 11.3. The SMILES string of the molecule is CCN(C/C=C/c1ccccc1)CC1CCCN1. The summed E-state index contributed by atoms with van der Waals surface area (Å²) in [6.45, 7) is 6.78. The van der Waals surface area contributed by atoms with Crippen molar-refractivity contribution in [2.24, 2.45) is 0 Å². The van der Waals surface area contributed by atoms with Crippen molar-refractivity contribution in [3.05, 3.63) is 42.0 Å². The van der Waals surface area contributed by atoms with Gasteiger partial charge >= 0.3 is 0 Å². The summed E-state index contributed by atoms with van der Waals surface area (Å²) in [4.78, 5) is 2.50. The lowest BCUT2D eigenvalue weighted by Crippen LogP contribution is -2.37. The van der Waals surface area contributed by atoms with Gasteiger partial charge in [0.15, 0.2) is 0 Å². The Kier molecular flexibility index (Phi) is 5.43. The van der Waals surface area contributed by atoms with Crippen LogP contribution in [0, 0.1) is 0 Å². The van der Waals surface area contributed by atoms with Gasteiger partial charge in [0.2, 0.25) is 0 Å². The lowest BCUT2D eigenvalue weighted by atomic mass is 10.2. The van der Waals surface area contributed by atoms with E-state index in [9.17, 15) is 0 Å². The summed E-state index contributed by atoms with van der Waals surface area (Å²) < 4.78 is 0. The monoisotopic (exact) mass is 244 g/mol. The van der Waals surface area contributed by atoms with Gasteiger partial charge in [0, 0.05) is 19.1 Å². The van der Waals surface area contributed by atoms with E-state index in [4.69, 9.17) is 0 Å². The molecule has 1 atom stereocenters. The molecular formula is C16H24N2. The van der Waals surface area contributed by atoms with Gasteiger partial charge in [-0.2, -0.15) is 0 Å². The van der Waals surface area contributed by atoms with E-state index in [1.807, 2.05) is 0 Å². The number of rotatable bonds is 6. The minimum atomic E-state index is 0.704. The Labute approximate surface area is 111 Å². The normalized spacial score (nSPS) is 20.0. The van der Waals surface area contributed by atoms with E-state index in [1.54, 1.807) is 0 Å². The molecule has 0 amide bonds. The molecule has 1 unspecified atom stereocenters. The van der Waals surface area contributed by atoms with Crippen molar-refractivity contribution in [1.82, 2.24) is 10.2 Å². The van der Waals surface area contributed by atoms with Crippen molar-refractivity contribution in [3.63, 3.8) is 0 Å². The third-order valence-corrected chi connectivity index (χ3v) is 3.56. The van der Waals surface area contributed by atoms with E-state index < -0.39 is 0 Å². The third-order valence-electron chi connectivity index (χ3n) is 3.56. The van der Waals surface area contributed by atoms with Crippen LogP contribution in [0.5, 0.6) is 0 Å². The molecule has 1 fully saturated rings. The Morgan fingerprint density at radius 1 is 1.33 bits per heavy atom. The molecule has 2 rings (SSSR count). The molecule has 1 aromatic carbocycles. The first kappa shape index (κ1) is 13.3. The number of hydrogen-bond acceptors (Lipinski definition) is 2. The summed E-state index contributed by atoms with van der Waals surface area (Å²) in [6, 6.07) is 11.2. The van der Waals surface area contributed by atoms with Gasteiger partial charge < -0.3 is 5.32 Å². The van der Waals surface area contributed by atoms with Gasteiger partial charge in [-0.25, -0.2) is 0 Å². The quantitative estimate of drug-likeness (QED) is 0.828. The third kappa shape index (κ3) is 4.28. The molecule has 18 heavy (non-hydrogen) atoms. The van der Waals surface area contributed by atoms with Crippen LogP contribution in [-0.2, 0) is 0 Å². The number of likely N-dealkylation sites (N-methyl/N-ethyl adjacent to an activating group) is 1. The first-order valence-corrected chi connectivity index (χ1v) is 7.06. The topological polar surface area (TPSA) is 15.3 Å². The molecule has 1 aromatic rings. The zero-order valence-electron chi connectivity index (χ0n) is 11.3. The Morgan fingerprint density at radius 2 is 2.17 bits per heavy atom. The zero-order chi connectivity index (χ0) is 12.6. The minimum absolute atomic E-state index is 0.704. The van der Waals surface area contributed by atoms with E-state index in [0.717, 1.165) is 13.1 Å². The molecule has 0 spiro atoms. The highest BCUT2D eigenvalue weighted by atomic mass is 15.1. The summed E-state index contributed by atoms with van der Waals surface area (Å²) in [5, 5.41) is 3.56. The molecule has 0 aliphatic carbocycles. The van der Waals surface area contributed by atoms with Gasteiger partial charge in [0.05, 0.1) is 0 Å². The van der Waals surface area contributed by atoms with Gasteiger partial charge in [-0.1, -0.05) is 49.4 Å². The highest BCUT2D eigenvalue weighted by Crippen LogP contribution is 2.07. The molecule has 0 saturated carbocycles. The van der Waals surface area contributed by atoms with Crippen LogP contribution >= 0.6 is 0 Å². The van der Waals surface area contributed by atoms with Crippen LogP contribution in [0.25, 0.3) is 6.08 Å². The molecular weight excluding hydrogens is 220 g/mol. The maximum Gasteiger partial charge on any atom is 0.0195 e. The van der Waals surface area contributed by atoms with Crippen LogP contribution in [0.1, 0.15) is 25.3 Å². The van der Waals surface area contributed by atoms with Crippen molar-refractivity contribution in [3.8, 4) is 0 Å². The first-order chi connectivity index (χ1) is 8.88. The van der Waals surface area contributed by atoms with Crippen LogP contribution in [0.4, 0.5) is 0 Å². The van der Waals surface area contributed by atoms with Crippen LogP contribution in [-0.4, -0.2) is 37.1 Å². The van der Waals surface area contributed by atoms with Crippen LogP contribution < -0.4 is 5.32 Å². The summed E-state index contributed by atoms with van der Waals surface area (Å²) in [5.74, 6) is 0.